The molecule has 1 heterocycles. The van der Waals surface area contributed by atoms with Crippen LogP contribution in [-0.2, 0) is 14.8 Å². The molecule has 96 valence electrons. The molecule has 0 aliphatic carbocycles. The molecule has 0 bridgehead atoms. The zero-order valence-electron chi connectivity index (χ0n) is 9.30. The number of primary sulfonamides is 1. The first-order valence-electron chi connectivity index (χ1n) is 4.83. The standard InChI is InChI=1S/C9H14N2O4S2/c1-15-4-2-3-11-9(12)7-5-8(16-6-7)17(10,13)14/h5-6H,2-4H2,1H3,(H,11,12)(H2,10,13,14). The fraction of sp³-hybridized carbons (Fsp3) is 0.444. The molecule has 0 saturated carbocycles. The predicted molar refractivity (Wildman–Crippen MR) is 64.5 cm³/mol. The maximum Gasteiger partial charge on any atom is 0.252 e. The van der Waals surface area contributed by atoms with Gasteiger partial charge in [-0.3, -0.25) is 4.79 Å². The molecule has 0 aromatic carbocycles. The third-order valence-corrected chi connectivity index (χ3v) is 4.32. The molecular weight excluding hydrogens is 264 g/mol. The van der Waals surface area contributed by atoms with E-state index in [1.807, 2.05) is 0 Å². The maximum absolute atomic E-state index is 11.6. The molecule has 1 aromatic rings. The van der Waals surface area contributed by atoms with Gasteiger partial charge in [-0.15, -0.1) is 11.3 Å². The van der Waals surface area contributed by atoms with Gasteiger partial charge in [0.05, 0.1) is 5.56 Å². The van der Waals surface area contributed by atoms with Crippen molar-refractivity contribution in [3.63, 3.8) is 0 Å². The number of methoxy groups -OCH3 is 1. The Morgan fingerprint density at radius 2 is 2.29 bits per heavy atom. The van der Waals surface area contributed by atoms with Crippen molar-refractivity contribution in [1.29, 1.82) is 0 Å². The van der Waals surface area contributed by atoms with Crippen LogP contribution in [0, 0.1) is 0 Å². The second kappa shape index (κ2) is 6.10. The Bertz CT molecular complexity index is 481. The zero-order valence-corrected chi connectivity index (χ0v) is 10.9. The molecule has 0 spiro atoms. The van der Waals surface area contributed by atoms with Crippen LogP contribution < -0.4 is 10.5 Å². The van der Waals surface area contributed by atoms with E-state index in [-0.39, 0.29) is 10.1 Å². The Morgan fingerprint density at radius 3 is 2.82 bits per heavy atom. The summed E-state index contributed by atoms with van der Waals surface area (Å²) in [5, 5.41) is 9.06. The number of hydrogen-bond donors (Lipinski definition) is 2. The molecule has 0 saturated heterocycles. The third-order valence-electron chi connectivity index (χ3n) is 1.93. The lowest BCUT2D eigenvalue weighted by Crippen LogP contribution is -2.24. The summed E-state index contributed by atoms with van der Waals surface area (Å²) in [5.74, 6) is -0.313. The molecule has 1 amide bonds. The summed E-state index contributed by atoms with van der Waals surface area (Å²) >= 11 is 0.930. The van der Waals surface area contributed by atoms with Crippen molar-refractivity contribution in [2.75, 3.05) is 20.3 Å². The summed E-state index contributed by atoms with van der Waals surface area (Å²) in [7, 11) is -2.14. The molecule has 6 nitrogen and oxygen atoms in total. The smallest absolute Gasteiger partial charge is 0.252 e. The van der Waals surface area contributed by atoms with E-state index >= 15 is 0 Å². The van der Waals surface area contributed by atoms with Crippen LogP contribution in [0.5, 0.6) is 0 Å². The van der Waals surface area contributed by atoms with Gasteiger partial charge in [0.15, 0.2) is 0 Å². The van der Waals surface area contributed by atoms with Gasteiger partial charge in [-0.1, -0.05) is 0 Å². The Balaban J connectivity index is 2.56. The average Bonchev–Trinajstić information content (AvgIpc) is 2.72. The van der Waals surface area contributed by atoms with E-state index in [0.29, 0.717) is 25.1 Å². The molecule has 0 atom stereocenters. The van der Waals surface area contributed by atoms with Crippen molar-refractivity contribution >= 4 is 27.3 Å². The van der Waals surface area contributed by atoms with Gasteiger partial charge in [-0.2, -0.15) is 0 Å². The monoisotopic (exact) mass is 278 g/mol. The number of nitrogens with one attached hydrogen (secondary N) is 1. The van der Waals surface area contributed by atoms with E-state index in [0.717, 1.165) is 11.3 Å². The van der Waals surface area contributed by atoms with Crippen LogP contribution in [0.25, 0.3) is 0 Å². The highest BCUT2D eigenvalue weighted by Gasteiger charge is 2.14. The van der Waals surface area contributed by atoms with Gasteiger partial charge in [-0.05, 0) is 12.5 Å². The van der Waals surface area contributed by atoms with Crippen LogP contribution in [0.1, 0.15) is 16.8 Å². The lowest BCUT2D eigenvalue weighted by Gasteiger charge is -2.02. The fourth-order valence-corrected chi connectivity index (χ4v) is 2.69. The number of hydrogen-bond acceptors (Lipinski definition) is 5. The fourth-order valence-electron chi connectivity index (χ4n) is 1.11. The van der Waals surface area contributed by atoms with E-state index in [1.165, 1.54) is 11.4 Å². The van der Waals surface area contributed by atoms with E-state index < -0.39 is 10.0 Å². The average molecular weight is 278 g/mol. The highest BCUT2D eigenvalue weighted by molar-refractivity contribution is 7.91. The highest BCUT2D eigenvalue weighted by Crippen LogP contribution is 2.18. The van der Waals surface area contributed by atoms with Crippen LogP contribution in [0.3, 0.4) is 0 Å². The van der Waals surface area contributed by atoms with E-state index in [1.54, 1.807) is 7.11 Å². The van der Waals surface area contributed by atoms with Gasteiger partial charge >= 0.3 is 0 Å². The predicted octanol–water partition coefficient (Wildman–Crippen LogP) is 0.162. The quantitative estimate of drug-likeness (QED) is 0.724. The molecule has 0 unspecified atom stereocenters. The SMILES string of the molecule is COCCCNC(=O)c1csc(S(N)(=O)=O)c1. The summed E-state index contributed by atoms with van der Waals surface area (Å²) in [5.41, 5.74) is 0.302. The van der Waals surface area contributed by atoms with Crippen molar-refractivity contribution in [2.24, 2.45) is 5.14 Å². The second-order valence-electron chi connectivity index (χ2n) is 3.30. The molecule has 1 aromatic heterocycles. The largest absolute Gasteiger partial charge is 0.385 e. The number of nitrogens with two attached hydrogens (primary N) is 1. The van der Waals surface area contributed by atoms with Crippen molar-refractivity contribution in [3.05, 3.63) is 17.0 Å². The van der Waals surface area contributed by atoms with Crippen LogP contribution in [-0.4, -0.2) is 34.6 Å². The van der Waals surface area contributed by atoms with Gasteiger partial charge < -0.3 is 10.1 Å². The summed E-state index contributed by atoms with van der Waals surface area (Å²) in [6.45, 7) is 1.04. The molecule has 0 aliphatic heterocycles. The maximum atomic E-state index is 11.6. The third kappa shape index (κ3) is 4.43. The first-order chi connectivity index (χ1) is 7.95. The lowest BCUT2D eigenvalue weighted by molar-refractivity contribution is 0.0949. The Labute approximate surface area is 104 Å². The summed E-state index contributed by atoms with van der Waals surface area (Å²) in [4.78, 5) is 11.6. The Morgan fingerprint density at radius 1 is 1.59 bits per heavy atom. The van der Waals surface area contributed by atoms with Gasteiger partial charge in [0.2, 0.25) is 10.0 Å². The first kappa shape index (κ1) is 14.1. The molecule has 0 fully saturated rings. The minimum absolute atomic E-state index is 0.0143. The Hall–Kier alpha value is -0.960. The summed E-state index contributed by atoms with van der Waals surface area (Å²) in [6, 6.07) is 1.27. The molecule has 1 rings (SSSR count). The molecule has 0 aliphatic rings. The number of amides is 1. The summed E-state index contributed by atoms with van der Waals surface area (Å²) < 4.78 is 26.8. The topological polar surface area (TPSA) is 98.5 Å². The van der Waals surface area contributed by atoms with Crippen molar-refractivity contribution < 1.29 is 17.9 Å². The normalized spacial score (nSPS) is 11.4. The molecule has 8 heteroatoms. The second-order valence-corrected chi connectivity index (χ2v) is 6.00. The summed E-state index contributed by atoms with van der Waals surface area (Å²) in [6.07, 6.45) is 0.703. The van der Waals surface area contributed by atoms with E-state index in [4.69, 9.17) is 9.88 Å². The van der Waals surface area contributed by atoms with Gasteiger partial charge in [0, 0.05) is 25.6 Å². The minimum atomic E-state index is -3.73. The number of carbonyl (C=O) groups excluding carboxylic acids is 1. The van der Waals surface area contributed by atoms with Crippen LogP contribution >= 0.6 is 11.3 Å². The van der Waals surface area contributed by atoms with Crippen molar-refractivity contribution in [1.82, 2.24) is 5.32 Å². The van der Waals surface area contributed by atoms with Gasteiger partial charge in [0.1, 0.15) is 4.21 Å². The van der Waals surface area contributed by atoms with Crippen LogP contribution in [0.2, 0.25) is 0 Å². The molecule has 17 heavy (non-hydrogen) atoms. The van der Waals surface area contributed by atoms with Crippen molar-refractivity contribution in [2.45, 2.75) is 10.6 Å². The first-order valence-corrected chi connectivity index (χ1v) is 7.26. The Kier molecular flexibility index (Phi) is 5.06. The number of rotatable bonds is 6. The lowest BCUT2D eigenvalue weighted by atomic mass is 10.3. The number of thiophene rings is 1. The van der Waals surface area contributed by atoms with E-state index in [9.17, 15) is 13.2 Å². The zero-order chi connectivity index (χ0) is 12.9. The number of ether oxygens (including phenoxy) is 1. The van der Waals surface area contributed by atoms with E-state index in [2.05, 4.69) is 5.32 Å². The number of sulfonamides is 1. The molecule has 0 radical (unpaired) electrons. The van der Waals surface area contributed by atoms with Crippen LogP contribution in [0.15, 0.2) is 15.7 Å². The van der Waals surface area contributed by atoms with Gasteiger partial charge in [0.25, 0.3) is 5.91 Å². The van der Waals surface area contributed by atoms with Crippen LogP contribution in [0.4, 0.5) is 0 Å². The van der Waals surface area contributed by atoms with Gasteiger partial charge in [-0.25, -0.2) is 13.6 Å². The molecule has 3 N–H and O–H groups in total. The minimum Gasteiger partial charge on any atom is -0.385 e. The number of carbonyl (C=O) groups is 1. The highest BCUT2D eigenvalue weighted by atomic mass is 32.2. The molecular formula is C9H14N2O4S2. The van der Waals surface area contributed by atoms with Crippen molar-refractivity contribution in [3.8, 4) is 0 Å².